The monoisotopic (exact) mass is 288 g/mol. The number of ketones is 1. The van der Waals surface area contributed by atoms with Crippen LogP contribution in [0.4, 0.5) is 8.78 Å². The zero-order valence-electron chi connectivity index (χ0n) is 10.4. The Morgan fingerprint density at radius 2 is 1.89 bits per heavy atom. The molecule has 0 bridgehead atoms. The number of benzene rings is 1. The summed E-state index contributed by atoms with van der Waals surface area (Å²) in [6.45, 7) is 1.38. The van der Waals surface area contributed by atoms with Crippen LogP contribution in [0.5, 0.6) is 0 Å². The van der Waals surface area contributed by atoms with Crippen LogP contribution in [0.15, 0.2) is 12.1 Å². The first kappa shape index (κ1) is 14.1. The standard InChI is InChI=1S/C13H14F2O3S/c1-8-6-11(15)9(7-10(8)14)13(16)12-4-2-3-5-19(12,17)18/h6-7,12H,2-5H2,1H3. The Labute approximate surface area is 110 Å². The van der Waals surface area contributed by atoms with E-state index in [2.05, 4.69) is 0 Å². The van der Waals surface area contributed by atoms with Crippen molar-refractivity contribution in [2.75, 3.05) is 5.75 Å². The maximum absolute atomic E-state index is 13.7. The summed E-state index contributed by atoms with van der Waals surface area (Å²) >= 11 is 0. The van der Waals surface area contributed by atoms with E-state index >= 15 is 0 Å². The van der Waals surface area contributed by atoms with Crippen molar-refractivity contribution in [3.63, 3.8) is 0 Å². The van der Waals surface area contributed by atoms with Crippen molar-refractivity contribution >= 4 is 15.6 Å². The van der Waals surface area contributed by atoms with Gasteiger partial charge in [-0.3, -0.25) is 4.79 Å². The van der Waals surface area contributed by atoms with Gasteiger partial charge < -0.3 is 0 Å². The van der Waals surface area contributed by atoms with Crippen LogP contribution in [0.3, 0.4) is 0 Å². The molecular formula is C13H14F2O3S. The van der Waals surface area contributed by atoms with E-state index in [1.807, 2.05) is 0 Å². The van der Waals surface area contributed by atoms with Crippen molar-refractivity contribution in [1.29, 1.82) is 0 Å². The number of rotatable bonds is 2. The molecule has 19 heavy (non-hydrogen) atoms. The lowest BCUT2D eigenvalue weighted by atomic mass is 10.0. The zero-order valence-corrected chi connectivity index (χ0v) is 11.3. The molecule has 0 aromatic heterocycles. The lowest BCUT2D eigenvalue weighted by Crippen LogP contribution is -2.36. The Balaban J connectivity index is 2.42. The summed E-state index contributed by atoms with van der Waals surface area (Å²) in [6, 6.07) is 1.70. The second-order valence-electron chi connectivity index (χ2n) is 4.80. The number of hydrogen-bond acceptors (Lipinski definition) is 3. The van der Waals surface area contributed by atoms with Crippen molar-refractivity contribution in [3.05, 3.63) is 34.9 Å². The lowest BCUT2D eigenvalue weighted by Gasteiger charge is -2.21. The Bertz CT molecular complexity index is 623. The Kier molecular flexibility index (Phi) is 3.71. The summed E-state index contributed by atoms with van der Waals surface area (Å²) in [5.41, 5.74) is -0.390. The first-order valence-corrected chi connectivity index (χ1v) is 7.76. The Hall–Kier alpha value is -1.30. The van der Waals surface area contributed by atoms with Crippen LogP contribution >= 0.6 is 0 Å². The fourth-order valence-electron chi connectivity index (χ4n) is 2.26. The van der Waals surface area contributed by atoms with E-state index in [-0.39, 0.29) is 17.7 Å². The lowest BCUT2D eigenvalue weighted by molar-refractivity contribution is 0.0977. The molecule has 2 rings (SSSR count). The predicted molar refractivity (Wildman–Crippen MR) is 66.9 cm³/mol. The number of hydrogen-bond donors (Lipinski definition) is 0. The van der Waals surface area contributed by atoms with E-state index < -0.39 is 38.1 Å². The molecule has 0 spiro atoms. The molecule has 1 heterocycles. The number of halogens is 2. The highest BCUT2D eigenvalue weighted by Crippen LogP contribution is 2.25. The maximum atomic E-state index is 13.7. The third-order valence-electron chi connectivity index (χ3n) is 3.38. The van der Waals surface area contributed by atoms with Crippen molar-refractivity contribution in [3.8, 4) is 0 Å². The molecule has 1 fully saturated rings. The second kappa shape index (κ2) is 5.00. The van der Waals surface area contributed by atoms with Gasteiger partial charge in [-0.1, -0.05) is 6.42 Å². The Morgan fingerprint density at radius 3 is 2.53 bits per heavy atom. The van der Waals surface area contributed by atoms with Crippen LogP contribution in [0, 0.1) is 18.6 Å². The molecule has 0 radical (unpaired) electrons. The van der Waals surface area contributed by atoms with E-state index in [4.69, 9.17) is 0 Å². The fourth-order valence-corrected chi connectivity index (χ4v) is 4.13. The number of Topliss-reactive ketones (excluding diaryl/α,β-unsaturated/α-hetero) is 1. The molecule has 6 heteroatoms. The topological polar surface area (TPSA) is 51.2 Å². The van der Waals surface area contributed by atoms with Crippen LogP contribution < -0.4 is 0 Å². The first-order chi connectivity index (χ1) is 8.83. The smallest absolute Gasteiger partial charge is 0.183 e. The van der Waals surface area contributed by atoms with Gasteiger partial charge in [0.15, 0.2) is 15.6 Å². The molecular weight excluding hydrogens is 274 g/mol. The number of sulfone groups is 1. The van der Waals surface area contributed by atoms with Crippen LogP contribution in [-0.2, 0) is 9.84 Å². The molecule has 1 aromatic rings. The van der Waals surface area contributed by atoms with Crippen LogP contribution in [0.2, 0.25) is 0 Å². The molecule has 1 aliphatic heterocycles. The van der Waals surface area contributed by atoms with Crippen molar-refractivity contribution in [1.82, 2.24) is 0 Å². The van der Waals surface area contributed by atoms with Crippen molar-refractivity contribution in [2.45, 2.75) is 31.4 Å². The minimum atomic E-state index is -3.55. The van der Waals surface area contributed by atoms with E-state index in [0.717, 1.165) is 12.1 Å². The van der Waals surface area contributed by atoms with E-state index in [1.165, 1.54) is 6.92 Å². The average molecular weight is 288 g/mol. The van der Waals surface area contributed by atoms with E-state index in [9.17, 15) is 22.0 Å². The van der Waals surface area contributed by atoms with Crippen molar-refractivity contribution in [2.24, 2.45) is 0 Å². The molecule has 0 saturated carbocycles. The molecule has 0 amide bonds. The highest BCUT2D eigenvalue weighted by Gasteiger charge is 2.36. The van der Waals surface area contributed by atoms with Crippen LogP contribution in [0.1, 0.15) is 35.2 Å². The largest absolute Gasteiger partial charge is 0.293 e. The van der Waals surface area contributed by atoms with Crippen molar-refractivity contribution < 1.29 is 22.0 Å². The SMILES string of the molecule is Cc1cc(F)c(C(=O)C2CCCCS2(=O)=O)cc1F. The van der Waals surface area contributed by atoms with Gasteiger partial charge in [-0.25, -0.2) is 17.2 Å². The average Bonchev–Trinajstić information content (AvgIpc) is 2.32. The summed E-state index contributed by atoms with van der Waals surface area (Å²) in [5, 5.41) is -1.24. The molecule has 1 saturated heterocycles. The molecule has 0 aliphatic carbocycles. The fraction of sp³-hybridized carbons (Fsp3) is 0.462. The summed E-state index contributed by atoms with van der Waals surface area (Å²) in [5.74, 6) is -2.49. The van der Waals surface area contributed by atoms with Crippen LogP contribution in [-0.4, -0.2) is 25.2 Å². The van der Waals surface area contributed by atoms with Gasteiger partial charge in [0.1, 0.15) is 16.9 Å². The third kappa shape index (κ3) is 2.68. The third-order valence-corrected chi connectivity index (χ3v) is 5.56. The number of aryl methyl sites for hydroxylation is 1. The summed E-state index contributed by atoms with van der Waals surface area (Å²) < 4.78 is 50.8. The summed E-state index contributed by atoms with van der Waals surface area (Å²) in [6.07, 6.45) is 1.29. The zero-order chi connectivity index (χ0) is 14.2. The minimum Gasteiger partial charge on any atom is -0.293 e. The number of carbonyl (C=O) groups is 1. The summed E-state index contributed by atoms with van der Waals surface area (Å²) in [4.78, 5) is 12.1. The highest BCUT2D eigenvalue weighted by atomic mass is 32.2. The quantitative estimate of drug-likeness (QED) is 0.785. The Morgan fingerprint density at radius 1 is 1.21 bits per heavy atom. The second-order valence-corrected chi connectivity index (χ2v) is 7.10. The minimum absolute atomic E-state index is 0.0701. The molecule has 104 valence electrons. The number of carbonyl (C=O) groups excluding carboxylic acids is 1. The summed E-state index contributed by atoms with van der Waals surface area (Å²) in [7, 11) is -3.55. The molecule has 3 nitrogen and oxygen atoms in total. The van der Waals surface area contributed by atoms with Gasteiger partial charge in [0.05, 0.1) is 11.3 Å². The molecule has 1 unspecified atom stereocenters. The molecule has 1 atom stereocenters. The predicted octanol–water partition coefficient (Wildman–Crippen LogP) is 2.42. The van der Waals surface area contributed by atoms with Gasteiger partial charge >= 0.3 is 0 Å². The van der Waals surface area contributed by atoms with Gasteiger partial charge in [-0.15, -0.1) is 0 Å². The van der Waals surface area contributed by atoms with Gasteiger partial charge in [0.25, 0.3) is 0 Å². The van der Waals surface area contributed by atoms with E-state index in [1.54, 1.807) is 0 Å². The van der Waals surface area contributed by atoms with Gasteiger partial charge in [-0.2, -0.15) is 0 Å². The van der Waals surface area contributed by atoms with E-state index in [0.29, 0.717) is 12.8 Å². The van der Waals surface area contributed by atoms with Gasteiger partial charge in [0.2, 0.25) is 0 Å². The van der Waals surface area contributed by atoms with Crippen LogP contribution in [0.25, 0.3) is 0 Å². The normalized spacial score (nSPS) is 22.2. The first-order valence-electron chi connectivity index (χ1n) is 6.04. The van der Waals surface area contributed by atoms with Gasteiger partial charge in [0, 0.05) is 0 Å². The molecule has 0 N–H and O–H groups in total. The van der Waals surface area contributed by atoms with Gasteiger partial charge in [-0.05, 0) is 37.5 Å². The highest BCUT2D eigenvalue weighted by molar-refractivity contribution is 7.92. The maximum Gasteiger partial charge on any atom is 0.183 e. The molecule has 1 aliphatic rings. The molecule has 1 aromatic carbocycles.